The molecule has 0 aliphatic heterocycles. The minimum atomic E-state index is -0.145. The molecule has 0 radical (unpaired) electrons. The average molecular weight is 286 g/mol. The van der Waals surface area contributed by atoms with Gasteiger partial charge in [0.25, 0.3) is 5.91 Å². The molecule has 0 aliphatic rings. The number of carbonyl (C=O) groups excluding carboxylic acids is 1. The second kappa shape index (κ2) is 7.59. The Kier molecular flexibility index (Phi) is 5.51. The van der Waals surface area contributed by atoms with E-state index in [-0.39, 0.29) is 11.9 Å². The zero-order chi connectivity index (χ0) is 15.1. The van der Waals surface area contributed by atoms with Gasteiger partial charge in [-0.25, -0.2) is 4.98 Å². The highest BCUT2D eigenvalue weighted by atomic mass is 16.2. The molecule has 1 amide bonds. The van der Waals surface area contributed by atoms with Gasteiger partial charge in [0.1, 0.15) is 5.69 Å². The molecule has 5 nitrogen and oxygen atoms in total. The number of nitrogens with one attached hydrogen (secondary N) is 1. The van der Waals surface area contributed by atoms with Crippen molar-refractivity contribution in [3.05, 3.63) is 54.1 Å². The number of rotatable bonds is 7. The molecule has 2 rings (SSSR count). The van der Waals surface area contributed by atoms with Gasteiger partial charge in [-0.3, -0.25) is 4.79 Å². The Bertz CT molecular complexity index is 565. The van der Waals surface area contributed by atoms with Gasteiger partial charge in [0.15, 0.2) is 0 Å². The molecule has 0 bridgehead atoms. The minimum absolute atomic E-state index is 0.0170. The van der Waals surface area contributed by atoms with E-state index in [1.54, 1.807) is 12.5 Å². The van der Waals surface area contributed by atoms with E-state index in [4.69, 9.17) is 5.73 Å². The summed E-state index contributed by atoms with van der Waals surface area (Å²) in [6.07, 6.45) is 5.27. The van der Waals surface area contributed by atoms with Crippen LogP contribution >= 0.6 is 0 Å². The van der Waals surface area contributed by atoms with Crippen LogP contribution in [-0.4, -0.2) is 22.0 Å². The fraction of sp³-hybridized carbons (Fsp3) is 0.375. The molecule has 3 N–H and O–H groups in total. The maximum atomic E-state index is 12.3. The third kappa shape index (κ3) is 4.16. The monoisotopic (exact) mass is 286 g/mol. The number of benzene rings is 1. The van der Waals surface area contributed by atoms with Crippen molar-refractivity contribution in [3.63, 3.8) is 0 Å². The van der Waals surface area contributed by atoms with Crippen molar-refractivity contribution in [2.45, 2.75) is 32.4 Å². The first kappa shape index (κ1) is 15.3. The van der Waals surface area contributed by atoms with Crippen molar-refractivity contribution < 1.29 is 4.79 Å². The maximum absolute atomic E-state index is 12.3. The number of imidazole rings is 1. The minimum Gasteiger partial charge on any atom is -0.344 e. The topological polar surface area (TPSA) is 72.9 Å². The molecule has 0 spiro atoms. The van der Waals surface area contributed by atoms with Gasteiger partial charge < -0.3 is 15.6 Å². The second-order valence-electron chi connectivity index (χ2n) is 5.01. The Balaban J connectivity index is 2.07. The third-order valence-corrected chi connectivity index (χ3v) is 3.34. The lowest BCUT2D eigenvalue weighted by atomic mass is 10.0. The molecule has 1 unspecified atom stereocenters. The molecule has 1 aromatic carbocycles. The number of hydrogen-bond donors (Lipinski definition) is 2. The fourth-order valence-corrected chi connectivity index (χ4v) is 2.28. The molecule has 112 valence electrons. The molecule has 2 aromatic rings. The molecule has 1 heterocycles. The van der Waals surface area contributed by atoms with Crippen LogP contribution < -0.4 is 11.1 Å². The molecular formula is C16H22N4O. The lowest BCUT2D eigenvalue weighted by Gasteiger charge is -2.18. The third-order valence-electron chi connectivity index (χ3n) is 3.34. The molecular weight excluding hydrogens is 264 g/mol. The van der Waals surface area contributed by atoms with E-state index >= 15 is 0 Å². The Morgan fingerprint density at radius 1 is 1.38 bits per heavy atom. The van der Waals surface area contributed by atoms with Crippen LogP contribution in [0.4, 0.5) is 0 Å². The summed E-state index contributed by atoms with van der Waals surface area (Å²) in [7, 11) is 0. The summed E-state index contributed by atoms with van der Waals surface area (Å²) in [5.41, 5.74) is 7.04. The van der Waals surface area contributed by atoms with Gasteiger partial charge in [0.05, 0.1) is 12.4 Å². The molecule has 0 aliphatic carbocycles. The molecule has 1 aromatic heterocycles. The molecule has 0 fully saturated rings. The van der Waals surface area contributed by atoms with Crippen LogP contribution in [0.2, 0.25) is 0 Å². The first-order valence-corrected chi connectivity index (χ1v) is 7.32. The zero-order valence-corrected chi connectivity index (χ0v) is 12.3. The van der Waals surface area contributed by atoms with Gasteiger partial charge in [-0.1, -0.05) is 43.7 Å². The number of amides is 1. The van der Waals surface area contributed by atoms with Gasteiger partial charge in [-0.2, -0.15) is 0 Å². The van der Waals surface area contributed by atoms with Crippen molar-refractivity contribution in [2.75, 3.05) is 6.54 Å². The van der Waals surface area contributed by atoms with Crippen LogP contribution in [0.3, 0.4) is 0 Å². The largest absolute Gasteiger partial charge is 0.344 e. The molecule has 1 atom stereocenters. The molecule has 5 heteroatoms. The Morgan fingerprint density at radius 3 is 2.81 bits per heavy atom. The Hall–Kier alpha value is -2.14. The van der Waals surface area contributed by atoms with Crippen LogP contribution in [0.25, 0.3) is 0 Å². The summed E-state index contributed by atoms with van der Waals surface area (Å²) < 4.78 is 1.83. The number of hydrogen-bond acceptors (Lipinski definition) is 3. The standard InChI is InChI=1S/C16H22N4O/c1-2-6-14(13-7-4-3-5-8-13)19-16(21)15-11-20(10-9-17)12-18-15/h3-5,7-8,11-12,14H,2,6,9-10,17H2,1H3,(H,19,21). The van der Waals surface area contributed by atoms with E-state index in [0.717, 1.165) is 18.4 Å². The van der Waals surface area contributed by atoms with Gasteiger partial charge in [-0.05, 0) is 12.0 Å². The predicted octanol–water partition coefficient (Wildman–Crippen LogP) is 2.11. The fourth-order valence-electron chi connectivity index (χ4n) is 2.28. The van der Waals surface area contributed by atoms with Crippen LogP contribution in [0.5, 0.6) is 0 Å². The van der Waals surface area contributed by atoms with Gasteiger partial charge in [0, 0.05) is 19.3 Å². The van der Waals surface area contributed by atoms with Crippen molar-refractivity contribution in [3.8, 4) is 0 Å². The number of nitrogens with two attached hydrogens (primary N) is 1. The maximum Gasteiger partial charge on any atom is 0.271 e. The normalized spacial score (nSPS) is 12.1. The van der Waals surface area contributed by atoms with Crippen molar-refractivity contribution >= 4 is 5.91 Å². The Labute approximate surface area is 125 Å². The summed E-state index contributed by atoms with van der Waals surface area (Å²) in [4.78, 5) is 16.4. The van der Waals surface area contributed by atoms with Crippen molar-refractivity contribution in [1.29, 1.82) is 0 Å². The Morgan fingerprint density at radius 2 is 2.14 bits per heavy atom. The lowest BCUT2D eigenvalue weighted by Crippen LogP contribution is -2.28. The molecule has 0 saturated heterocycles. The quantitative estimate of drug-likeness (QED) is 0.818. The first-order valence-electron chi connectivity index (χ1n) is 7.32. The van der Waals surface area contributed by atoms with Crippen LogP contribution in [-0.2, 0) is 6.54 Å². The summed E-state index contributed by atoms with van der Waals surface area (Å²) >= 11 is 0. The van der Waals surface area contributed by atoms with Crippen molar-refractivity contribution in [2.24, 2.45) is 5.73 Å². The van der Waals surface area contributed by atoms with Crippen LogP contribution in [0.1, 0.15) is 41.9 Å². The molecule has 0 saturated carbocycles. The number of nitrogens with zero attached hydrogens (tertiary/aromatic N) is 2. The van der Waals surface area contributed by atoms with Crippen LogP contribution in [0, 0.1) is 0 Å². The van der Waals surface area contributed by atoms with Crippen LogP contribution in [0.15, 0.2) is 42.9 Å². The van der Waals surface area contributed by atoms with Gasteiger partial charge in [0.2, 0.25) is 0 Å². The summed E-state index contributed by atoms with van der Waals surface area (Å²) in [5, 5.41) is 3.06. The summed E-state index contributed by atoms with van der Waals surface area (Å²) in [6, 6.07) is 10.0. The van der Waals surface area contributed by atoms with Crippen molar-refractivity contribution in [1.82, 2.24) is 14.9 Å². The second-order valence-corrected chi connectivity index (χ2v) is 5.01. The van der Waals surface area contributed by atoms with E-state index in [1.165, 1.54) is 0 Å². The van der Waals surface area contributed by atoms with E-state index in [9.17, 15) is 4.79 Å². The van der Waals surface area contributed by atoms with E-state index in [0.29, 0.717) is 18.8 Å². The first-order chi connectivity index (χ1) is 10.2. The molecule has 21 heavy (non-hydrogen) atoms. The number of aromatic nitrogens is 2. The average Bonchev–Trinajstić information content (AvgIpc) is 2.97. The van der Waals surface area contributed by atoms with E-state index < -0.39 is 0 Å². The van der Waals surface area contributed by atoms with E-state index in [2.05, 4.69) is 17.2 Å². The lowest BCUT2D eigenvalue weighted by molar-refractivity contribution is 0.0930. The highest BCUT2D eigenvalue weighted by Gasteiger charge is 2.16. The zero-order valence-electron chi connectivity index (χ0n) is 12.3. The SMILES string of the molecule is CCCC(NC(=O)c1cn(CCN)cn1)c1ccccc1. The number of carbonyl (C=O) groups is 1. The van der Waals surface area contributed by atoms with Gasteiger partial charge in [-0.15, -0.1) is 0 Å². The smallest absolute Gasteiger partial charge is 0.271 e. The van der Waals surface area contributed by atoms with E-state index in [1.807, 2.05) is 34.9 Å². The summed E-state index contributed by atoms with van der Waals surface area (Å²) in [5.74, 6) is -0.145. The highest BCUT2D eigenvalue weighted by molar-refractivity contribution is 5.92. The summed E-state index contributed by atoms with van der Waals surface area (Å²) in [6.45, 7) is 3.30. The highest BCUT2D eigenvalue weighted by Crippen LogP contribution is 2.18. The predicted molar refractivity (Wildman–Crippen MR) is 82.8 cm³/mol. The van der Waals surface area contributed by atoms with Gasteiger partial charge >= 0.3 is 0 Å².